The molecule has 5 rings (SSSR count). The SMILES string of the molecule is O=C(N=Nc1c(O)[nH]c2ccc(F)cc12)c1cn(-c2ccccc2)nc1-c1ccccc1. The first-order valence-electron chi connectivity index (χ1n) is 9.77. The van der Waals surface area contributed by atoms with Gasteiger partial charge in [0, 0.05) is 17.1 Å². The first-order valence-corrected chi connectivity index (χ1v) is 9.77. The van der Waals surface area contributed by atoms with E-state index in [1.807, 2.05) is 60.7 Å². The Kier molecular flexibility index (Phi) is 4.79. The van der Waals surface area contributed by atoms with Crippen molar-refractivity contribution in [1.82, 2.24) is 14.8 Å². The predicted octanol–water partition coefficient (Wildman–Crippen LogP) is 5.79. The van der Waals surface area contributed by atoms with Crippen LogP contribution in [0.5, 0.6) is 5.88 Å². The molecule has 8 heteroatoms. The van der Waals surface area contributed by atoms with E-state index in [0.717, 1.165) is 11.3 Å². The fourth-order valence-corrected chi connectivity index (χ4v) is 3.44. The molecule has 3 aromatic carbocycles. The number of hydrogen-bond acceptors (Lipinski definition) is 4. The Morgan fingerprint density at radius 3 is 2.47 bits per heavy atom. The molecule has 0 atom stereocenters. The molecule has 0 saturated heterocycles. The van der Waals surface area contributed by atoms with E-state index in [2.05, 4.69) is 20.3 Å². The topological polar surface area (TPSA) is 95.6 Å². The molecule has 2 N–H and O–H groups in total. The molecule has 0 unspecified atom stereocenters. The van der Waals surface area contributed by atoms with Crippen LogP contribution in [-0.2, 0) is 0 Å². The zero-order valence-corrected chi connectivity index (χ0v) is 16.6. The fourth-order valence-electron chi connectivity index (χ4n) is 3.44. The maximum Gasteiger partial charge on any atom is 0.299 e. The van der Waals surface area contributed by atoms with Gasteiger partial charge in [0.25, 0.3) is 5.91 Å². The summed E-state index contributed by atoms with van der Waals surface area (Å²) in [7, 11) is 0. The summed E-state index contributed by atoms with van der Waals surface area (Å²) in [4.78, 5) is 15.7. The third-order valence-electron chi connectivity index (χ3n) is 4.97. The standard InChI is InChI=1S/C24H16FN5O2/c25-16-11-12-20-18(13-16)22(24(32)26-20)27-28-23(31)19-14-30(17-9-5-2-6-10-17)29-21(19)15-7-3-1-4-8-15/h1-14,26,32H. The number of aromatic amines is 1. The smallest absolute Gasteiger partial charge is 0.299 e. The van der Waals surface area contributed by atoms with Gasteiger partial charge in [-0.05, 0) is 30.3 Å². The zero-order valence-electron chi connectivity index (χ0n) is 16.6. The number of benzene rings is 3. The summed E-state index contributed by atoms with van der Waals surface area (Å²) in [6.07, 6.45) is 1.59. The number of carbonyl (C=O) groups excluding carboxylic acids is 1. The first-order chi connectivity index (χ1) is 15.6. The van der Waals surface area contributed by atoms with Crippen LogP contribution in [0.3, 0.4) is 0 Å². The summed E-state index contributed by atoms with van der Waals surface area (Å²) in [6, 6.07) is 22.6. The molecule has 2 heterocycles. The minimum absolute atomic E-state index is 0.00966. The van der Waals surface area contributed by atoms with Crippen molar-refractivity contribution >= 4 is 22.5 Å². The van der Waals surface area contributed by atoms with Gasteiger partial charge < -0.3 is 10.1 Å². The molecule has 7 nitrogen and oxygen atoms in total. The zero-order chi connectivity index (χ0) is 22.1. The number of fused-ring (bicyclic) bond motifs is 1. The average Bonchev–Trinajstić information content (AvgIpc) is 3.40. The largest absolute Gasteiger partial charge is 0.493 e. The number of nitrogens with one attached hydrogen (secondary N) is 1. The number of para-hydroxylation sites is 1. The quantitative estimate of drug-likeness (QED) is 0.357. The minimum Gasteiger partial charge on any atom is -0.493 e. The summed E-state index contributed by atoms with van der Waals surface area (Å²) in [6.45, 7) is 0. The second kappa shape index (κ2) is 7.92. The van der Waals surface area contributed by atoms with Crippen LogP contribution in [0, 0.1) is 5.82 Å². The predicted molar refractivity (Wildman–Crippen MR) is 118 cm³/mol. The van der Waals surface area contributed by atoms with Gasteiger partial charge in [0.05, 0.1) is 16.8 Å². The van der Waals surface area contributed by atoms with Crippen LogP contribution in [-0.4, -0.2) is 25.8 Å². The Morgan fingerprint density at radius 2 is 1.72 bits per heavy atom. The lowest BCUT2D eigenvalue weighted by Gasteiger charge is -2.00. The van der Waals surface area contributed by atoms with Crippen molar-refractivity contribution in [1.29, 1.82) is 0 Å². The third kappa shape index (κ3) is 3.54. The molecule has 156 valence electrons. The number of nitrogens with zero attached hydrogens (tertiary/aromatic N) is 4. The molecule has 2 aromatic heterocycles. The van der Waals surface area contributed by atoms with E-state index < -0.39 is 11.7 Å². The molecule has 0 bridgehead atoms. The van der Waals surface area contributed by atoms with E-state index in [-0.39, 0.29) is 17.1 Å². The molecule has 0 spiro atoms. The number of azo groups is 1. The monoisotopic (exact) mass is 425 g/mol. The molecule has 5 aromatic rings. The lowest BCUT2D eigenvalue weighted by molar-refractivity contribution is 0.0995. The van der Waals surface area contributed by atoms with E-state index in [1.54, 1.807) is 10.9 Å². The number of rotatable bonds is 4. The van der Waals surface area contributed by atoms with E-state index in [9.17, 15) is 14.3 Å². The van der Waals surface area contributed by atoms with Crippen molar-refractivity contribution in [2.24, 2.45) is 10.2 Å². The summed E-state index contributed by atoms with van der Waals surface area (Å²) in [5.41, 5.74) is 2.70. The molecule has 32 heavy (non-hydrogen) atoms. The molecule has 1 amide bonds. The highest BCUT2D eigenvalue weighted by Crippen LogP contribution is 2.36. The van der Waals surface area contributed by atoms with Gasteiger partial charge in [0.2, 0.25) is 5.88 Å². The molecule has 0 fully saturated rings. The number of hydrogen-bond donors (Lipinski definition) is 2. The van der Waals surface area contributed by atoms with Gasteiger partial charge in [0.1, 0.15) is 11.5 Å². The summed E-state index contributed by atoms with van der Waals surface area (Å²) in [5.74, 6) is -1.43. The second-order valence-electron chi connectivity index (χ2n) is 7.05. The van der Waals surface area contributed by atoms with Crippen molar-refractivity contribution < 1.29 is 14.3 Å². The Labute approximate surface area is 181 Å². The van der Waals surface area contributed by atoms with Gasteiger partial charge >= 0.3 is 0 Å². The Hall–Kier alpha value is -4.59. The van der Waals surface area contributed by atoms with Crippen LogP contribution in [0.25, 0.3) is 27.8 Å². The van der Waals surface area contributed by atoms with E-state index in [0.29, 0.717) is 16.6 Å². The van der Waals surface area contributed by atoms with E-state index in [1.165, 1.54) is 18.2 Å². The molecule has 0 aliphatic rings. The lowest BCUT2D eigenvalue weighted by Crippen LogP contribution is -1.94. The van der Waals surface area contributed by atoms with E-state index >= 15 is 0 Å². The lowest BCUT2D eigenvalue weighted by atomic mass is 10.1. The Bertz CT molecular complexity index is 1460. The van der Waals surface area contributed by atoms with Gasteiger partial charge in [-0.15, -0.1) is 10.2 Å². The number of aromatic nitrogens is 3. The molecule has 0 aliphatic heterocycles. The van der Waals surface area contributed by atoms with Crippen LogP contribution in [0.4, 0.5) is 10.1 Å². The van der Waals surface area contributed by atoms with E-state index in [4.69, 9.17) is 0 Å². The van der Waals surface area contributed by atoms with Crippen LogP contribution >= 0.6 is 0 Å². The highest BCUT2D eigenvalue weighted by molar-refractivity contribution is 6.01. The number of carbonyl (C=O) groups is 1. The summed E-state index contributed by atoms with van der Waals surface area (Å²) in [5, 5.41) is 22.8. The third-order valence-corrected chi connectivity index (χ3v) is 4.97. The van der Waals surface area contributed by atoms with Crippen molar-refractivity contribution in [3.8, 4) is 22.8 Å². The van der Waals surface area contributed by atoms with Gasteiger partial charge in [0.15, 0.2) is 5.69 Å². The molecule has 0 saturated carbocycles. The fraction of sp³-hybridized carbons (Fsp3) is 0. The van der Waals surface area contributed by atoms with Crippen LogP contribution in [0.1, 0.15) is 10.4 Å². The average molecular weight is 425 g/mol. The van der Waals surface area contributed by atoms with Gasteiger partial charge in [-0.3, -0.25) is 4.79 Å². The number of amides is 1. The normalized spacial score (nSPS) is 11.4. The van der Waals surface area contributed by atoms with Gasteiger partial charge in [-0.25, -0.2) is 9.07 Å². The minimum atomic E-state index is -0.642. The highest BCUT2D eigenvalue weighted by atomic mass is 19.1. The summed E-state index contributed by atoms with van der Waals surface area (Å²) < 4.78 is 15.2. The van der Waals surface area contributed by atoms with Crippen molar-refractivity contribution in [3.63, 3.8) is 0 Å². The second-order valence-corrected chi connectivity index (χ2v) is 7.05. The number of H-pyrrole nitrogens is 1. The Balaban J connectivity index is 1.57. The molecule has 0 radical (unpaired) electrons. The first kappa shape index (κ1) is 19.4. The highest BCUT2D eigenvalue weighted by Gasteiger charge is 2.19. The summed E-state index contributed by atoms with van der Waals surface area (Å²) >= 11 is 0. The van der Waals surface area contributed by atoms with Crippen LogP contribution in [0.2, 0.25) is 0 Å². The van der Waals surface area contributed by atoms with Crippen molar-refractivity contribution in [2.75, 3.05) is 0 Å². The molecular weight excluding hydrogens is 409 g/mol. The van der Waals surface area contributed by atoms with Crippen molar-refractivity contribution in [2.45, 2.75) is 0 Å². The molecule has 0 aliphatic carbocycles. The molecular formula is C24H16FN5O2. The van der Waals surface area contributed by atoms with Crippen LogP contribution in [0.15, 0.2) is 95.3 Å². The maximum absolute atomic E-state index is 13.6. The van der Waals surface area contributed by atoms with Crippen molar-refractivity contribution in [3.05, 3.63) is 96.4 Å². The number of aromatic hydroxyl groups is 1. The van der Waals surface area contributed by atoms with Gasteiger partial charge in [-0.2, -0.15) is 5.10 Å². The van der Waals surface area contributed by atoms with Crippen LogP contribution < -0.4 is 0 Å². The maximum atomic E-state index is 13.6. The number of halogens is 1. The Morgan fingerprint density at radius 1 is 1.00 bits per heavy atom. The van der Waals surface area contributed by atoms with Gasteiger partial charge in [-0.1, -0.05) is 48.5 Å².